The minimum absolute atomic E-state index is 0.0920. The summed E-state index contributed by atoms with van der Waals surface area (Å²) in [6, 6.07) is 19.7. The van der Waals surface area contributed by atoms with Gasteiger partial charge in [-0.25, -0.2) is 0 Å². The molecular weight excluding hydrogens is 314 g/mol. The molecule has 6 nitrogen and oxygen atoms in total. The molecule has 0 aliphatic heterocycles. The minimum Gasteiger partial charge on any atom is -0.349 e. The number of nitrogens with zero attached hydrogens (tertiary/aromatic N) is 4. The van der Waals surface area contributed by atoms with E-state index in [4.69, 9.17) is 0 Å². The zero-order valence-corrected chi connectivity index (χ0v) is 14.3. The van der Waals surface area contributed by atoms with E-state index in [1.54, 1.807) is 0 Å². The van der Waals surface area contributed by atoms with Crippen molar-refractivity contribution in [3.05, 3.63) is 78.1 Å². The lowest BCUT2D eigenvalue weighted by atomic mass is 10.1. The Balaban J connectivity index is 1.67. The highest BCUT2D eigenvalue weighted by Crippen LogP contribution is 2.16. The van der Waals surface area contributed by atoms with Crippen LogP contribution in [-0.4, -0.2) is 46.4 Å². The summed E-state index contributed by atoms with van der Waals surface area (Å²) in [4.78, 5) is 15.9. The second kappa shape index (κ2) is 7.72. The van der Waals surface area contributed by atoms with Crippen LogP contribution in [-0.2, 0) is 0 Å². The lowest BCUT2D eigenvalue weighted by Crippen LogP contribution is -2.34. The summed E-state index contributed by atoms with van der Waals surface area (Å²) >= 11 is 0. The first kappa shape index (κ1) is 16.9. The van der Waals surface area contributed by atoms with Gasteiger partial charge in [0.05, 0.1) is 17.9 Å². The monoisotopic (exact) mass is 335 g/mol. The van der Waals surface area contributed by atoms with Crippen molar-refractivity contribution in [2.75, 3.05) is 20.6 Å². The van der Waals surface area contributed by atoms with Gasteiger partial charge in [0.15, 0.2) is 5.69 Å². The molecule has 0 radical (unpaired) electrons. The van der Waals surface area contributed by atoms with Crippen LogP contribution < -0.4 is 5.32 Å². The summed E-state index contributed by atoms with van der Waals surface area (Å²) in [5, 5.41) is 11.4. The van der Waals surface area contributed by atoms with E-state index in [2.05, 4.69) is 32.5 Å². The van der Waals surface area contributed by atoms with Gasteiger partial charge in [-0.15, -0.1) is 5.10 Å². The van der Waals surface area contributed by atoms with Crippen molar-refractivity contribution < 1.29 is 4.79 Å². The van der Waals surface area contributed by atoms with Gasteiger partial charge in [0.1, 0.15) is 0 Å². The van der Waals surface area contributed by atoms with E-state index in [1.165, 1.54) is 11.0 Å². The standard InChI is InChI=1S/C19H21N5O/c1-23(2)18(15-9-5-3-6-10-15)14-20-19(25)17-13-21-24(22-17)16-11-7-4-8-12-16/h3-13,18H,14H2,1-2H3,(H,20,25). The van der Waals surface area contributed by atoms with Gasteiger partial charge < -0.3 is 10.2 Å². The Hall–Kier alpha value is -2.99. The molecule has 1 heterocycles. The first-order chi connectivity index (χ1) is 12.1. The predicted molar refractivity (Wildman–Crippen MR) is 96.6 cm³/mol. The summed E-state index contributed by atoms with van der Waals surface area (Å²) in [5.41, 5.74) is 2.27. The predicted octanol–water partition coefficient (Wildman–Crippen LogP) is 2.30. The number of rotatable bonds is 6. The van der Waals surface area contributed by atoms with Gasteiger partial charge in [0, 0.05) is 6.54 Å². The highest BCUT2D eigenvalue weighted by Gasteiger charge is 2.17. The number of amides is 1. The number of benzene rings is 2. The van der Waals surface area contributed by atoms with Crippen molar-refractivity contribution in [1.29, 1.82) is 0 Å². The Morgan fingerprint density at radius 3 is 2.36 bits per heavy atom. The Morgan fingerprint density at radius 1 is 1.08 bits per heavy atom. The van der Waals surface area contributed by atoms with E-state index in [1.807, 2.05) is 62.6 Å². The molecule has 1 amide bonds. The number of nitrogens with one attached hydrogen (secondary N) is 1. The Bertz CT molecular complexity index is 814. The second-order valence-corrected chi connectivity index (χ2v) is 5.95. The number of aromatic nitrogens is 3. The average molecular weight is 335 g/mol. The Kier molecular flexibility index (Phi) is 5.20. The molecule has 0 spiro atoms. The summed E-state index contributed by atoms with van der Waals surface area (Å²) < 4.78 is 0. The minimum atomic E-state index is -0.232. The lowest BCUT2D eigenvalue weighted by Gasteiger charge is -2.24. The van der Waals surface area contributed by atoms with Crippen LogP contribution in [0.2, 0.25) is 0 Å². The second-order valence-electron chi connectivity index (χ2n) is 5.95. The van der Waals surface area contributed by atoms with Gasteiger partial charge in [-0.1, -0.05) is 48.5 Å². The normalized spacial score (nSPS) is 12.1. The van der Waals surface area contributed by atoms with E-state index in [0.29, 0.717) is 12.2 Å². The Morgan fingerprint density at radius 2 is 1.72 bits per heavy atom. The van der Waals surface area contributed by atoms with Crippen molar-refractivity contribution in [2.45, 2.75) is 6.04 Å². The summed E-state index contributed by atoms with van der Waals surface area (Å²) in [6.45, 7) is 0.494. The third-order valence-corrected chi connectivity index (χ3v) is 3.98. The maximum Gasteiger partial charge on any atom is 0.273 e. The van der Waals surface area contributed by atoms with Crippen LogP contribution in [0.1, 0.15) is 22.1 Å². The number of para-hydroxylation sites is 1. The molecule has 6 heteroatoms. The van der Waals surface area contributed by atoms with E-state index >= 15 is 0 Å². The van der Waals surface area contributed by atoms with Crippen molar-refractivity contribution in [2.24, 2.45) is 0 Å². The smallest absolute Gasteiger partial charge is 0.273 e. The number of carbonyl (C=O) groups excluding carboxylic acids is 1. The fourth-order valence-electron chi connectivity index (χ4n) is 2.61. The van der Waals surface area contributed by atoms with Crippen molar-refractivity contribution in [3.8, 4) is 5.69 Å². The molecule has 128 valence electrons. The largest absolute Gasteiger partial charge is 0.349 e. The van der Waals surface area contributed by atoms with Gasteiger partial charge in [-0.3, -0.25) is 4.79 Å². The van der Waals surface area contributed by atoms with Gasteiger partial charge in [0.2, 0.25) is 0 Å². The molecule has 1 unspecified atom stereocenters. The van der Waals surface area contributed by atoms with Crippen LogP contribution >= 0.6 is 0 Å². The highest BCUT2D eigenvalue weighted by molar-refractivity contribution is 5.91. The van der Waals surface area contributed by atoms with Crippen LogP contribution in [0.3, 0.4) is 0 Å². The maximum absolute atomic E-state index is 12.4. The van der Waals surface area contributed by atoms with E-state index in [-0.39, 0.29) is 11.9 Å². The quantitative estimate of drug-likeness (QED) is 0.751. The molecule has 3 aromatic rings. The fourth-order valence-corrected chi connectivity index (χ4v) is 2.61. The van der Waals surface area contributed by atoms with Crippen molar-refractivity contribution >= 4 is 5.91 Å². The van der Waals surface area contributed by atoms with E-state index in [0.717, 1.165) is 11.3 Å². The summed E-state index contributed by atoms with van der Waals surface area (Å²) in [6.07, 6.45) is 1.48. The number of hydrogen-bond acceptors (Lipinski definition) is 4. The van der Waals surface area contributed by atoms with E-state index < -0.39 is 0 Å². The Labute approximate surface area is 147 Å². The summed E-state index contributed by atoms with van der Waals surface area (Å²) in [7, 11) is 3.99. The molecule has 0 aliphatic rings. The maximum atomic E-state index is 12.4. The lowest BCUT2D eigenvalue weighted by molar-refractivity contribution is 0.0936. The molecular formula is C19H21N5O. The average Bonchev–Trinajstić information content (AvgIpc) is 3.13. The van der Waals surface area contributed by atoms with Crippen LogP contribution in [0.5, 0.6) is 0 Å². The number of hydrogen-bond donors (Lipinski definition) is 1. The molecule has 25 heavy (non-hydrogen) atoms. The van der Waals surface area contributed by atoms with Crippen LogP contribution in [0.25, 0.3) is 5.69 Å². The topological polar surface area (TPSA) is 63.1 Å². The van der Waals surface area contributed by atoms with Gasteiger partial charge in [-0.05, 0) is 31.8 Å². The number of likely N-dealkylation sites (N-methyl/N-ethyl adjacent to an activating group) is 1. The molecule has 1 N–H and O–H groups in total. The molecule has 2 aromatic carbocycles. The molecule has 1 aromatic heterocycles. The van der Waals surface area contributed by atoms with Crippen molar-refractivity contribution in [3.63, 3.8) is 0 Å². The van der Waals surface area contributed by atoms with Crippen molar-refractivity contribution in [1.82, 2.24) is 25.2 Å². The third-order valence-electron chi connectivity index (χ3n) is 3.98. The highest BCUT2D eigenvalue weighted by atomic mass is 16.2. The molecule has 0 bridgehead atoms. The molecule has 3 rings (SSSR count). The fraction of sp³-hybridized carbons (Fsp3) is 0.211. The molecule has 1 atom stereocenters. The van der Waals surface area contributed by atoms with Gasteiger partial charge in [-0.2, -0.15) is 9.90 Å². The summed E-state index contributed by atoms with van der Waals surface area (Å²) in [5.74, 6) is -0.232. The van der Waals surface area contributed by atoms with Gasteiger partial charge >= 0.3 is 0 Å². The van der Waals surface area contributed by atoms with Crippen LogP contribution in [0.4, 0.5) is 0 Å². The molecule has 0 saturated carbocycles. The first-order valence-corrected chi connectivity index (χ1v) is 8.12. The molecule has 0 saturated heterocycles. The molecule has 0 fully saturated rings. The number of carbonyl (C=O) groups is 1. The van der Waals surface area contributed by atoms with Crippen LogP contribution in [0, 0.1) is 0 Å². The molecule has 0 aliphatic carbocycles. The zero-order valence-electron chi connectivity index (χ0n) is 14.3. The van der Waals surface area contributed by atoms with Gasteiger partial charge in [0.25, 0.3) is 5.91 Å². The third kappa shape index (κ3) is 4.10. The van der Waals surface area contributed by atoms with E-state index in [9.17, 15) is 4.79 Å². The first-order valence-electron chi connectivity index (χ1n) is 8.12. The SMILES string of the molecule is CN(C)C(CNC(=O)c1cnn(-c2ccccc2)n1)c1ccccc1. The van der Waals surface area contributed by atoms with Crippen LogP contribution in [0.15, 0.2) is 66.9 Å². The zero-order chi connectivity index (χ0) is 17.6.